The van der Waals surface area contributed by atoms with Crippen molar-refractivity contribution in [1.29, 1.82) is 0 Å². The highest BCUT2D eigenvalue weighted by Crippen LogP contribution is 2.50. The van der Waals surface area contributed by atoms with E-state index in [1.54, 1.807) is 6.92 Å². The van der Waals surface area contributed by atoms with Crippen molar-refractivity contribution >= 4 is 23.2 Å². The van der Waals surface area contributed by atoms with Crippen LogP contribution in [-0.2, 0) is 18.4 Å². The van der Waals surface area contributed by atoms with Crippen LogP contribution in [0.15, 0.2) is 79.8 Å². The first-order valence-corrected chi connectivity index (χ1v) is 13.5. The molecule has 5 aromatic rings. The van der Waals surface area contributed by atoms with Crippen LogP contribution >= 0.6 is 23.2 Å². The minimum atomic E-state index is -1.68. The Morgan fingerprint density at radius 2 is 1.43 bits per heavy atom. The second-order valence-electron chi connectivity index (χ2n) is 9.89. The van der Waals surface area contributed by atoms with Crippen LogP contribution in [0.5, 0.6) is 0 Å². The van der Waals surface area contributed by atoms with Crippen LogP contribution in [0.25, 0.3) is 0 Å². The maximum Gasteiger partial charge on any atom is 0.163 e. The number of aromatic nitrogens is 5. The number of nitrogens with zero attached hydrogens (tertiary/aromatic N) is 5. The van der Waals surface area contributed by atoms with Gasteiger partial charge in [0, 0.05) is 51.9 Å². The molecular weight excluding hydrogens is 596 g/mol. The maximum absolute atomic E-state index is 15.8. The summed E-state index contributed by atoms with van der Waals surface area (Å²) < 4.78 is 77.5. The van der Waals surface area contributed by atoms with Crippen molar-refractivity contribution in [1.82, 2.24) is 24.7 Å². The van der Waals surface area contributed by atoms with Gasteiger partial charge in [-0.25, -0.2) is 41.6 Å². The molecule has 1 unspecified atom stereocenters. The summed E-state index contributed by atoms with van der Waals surface area (Å²) in [5.41, 5.74) is -1.86. The van der Waals surface area contributed by atoms with Crippen molar-refractivity contribution in [3.63, 3.8) is 0 Å². The van der Waals surface area contributed by atoms with Crippen molar-refractivity contribution in [2.75, 3.05) is 0 Å². The average molecular weight is 618 g/mol. The van der Waals surface area contributed by atoms with E-state index in [9.17, 15) is 4.39 Å². The number of hydrogen-bond acceptors (Lipinski definition) is 4. The van der Waals surface area contributed by atoms with Crippen molar-refractivity contribution in [2.45, 2.75) is 37.1 Å². The van der Waals surface area contributed by atoms with Crippen LogP contribution in [-0.4, -0.2) is 24.7 Å². The number of benzene rings is 3. The Morgan fingerprint density at radius 1 is 0.786 bits per heavy atom. The maximum atomic E-state index is 15.8. The number of halogens is 7. The van der Waals surface area contributed by atoms with Gasteiger partial charge in [0.05, 0.1) is 17.4 Å². The van der Waals surface area contributed by atoms with Gasteiger partial charge in [-0.2, -0.15) is 5.10 Å². The normalized spacial score (nSPS) is 13.2. The predicted octanol–water partition coefficient (Wildman–Crippen LogP) is 7.84. The molecule has 3 aromatic carbocycles. The van der Waals surface area contributed by atoms with E-state index in [1.165, 1.54) is 59.8 Å². The first kappa shape index (κ1) is 29.6. The molecule has 0 spiro atoms. The van der Waals surface area contributed by atoms with Gasteiger partial charge >= 0.3 is 0 Å². The third-order valence-electron chi connectivity index (χ3n) is 7.47. The largest absolute Gasteiger partial charge is 0.246 e. The van der Waals surface area contributed by atoms with E-state index in [0.29, 0.717) is 6.07 Å². The lowest BCUT2D eigenvalue weighted by atomic mass is 9.65. The molecule has 0 saturated carbocycles. The first-order chi connectivity index (χ1) is 20.1. The summed E-state index contributed by atoms with van der Waals surface area (Å²) in [7, 11) is 0. The topological polar surface area (TPSA) is 56.5 Å². The Bertz CT molecular complexity index is 1620. The van der Waals surface area contributed by atoms with E-state index in [1.807, 2.05) is 0 Å². The fraction of sp³-hybridized carbons (Fsp3) is 0.200. The summed E-state index contributed by atoms with van der Waals surface area (Å²) in [6.45, 7) is 1.58. The summed E-state index contributed by atoms with van der Waals surface area (Å²) in [5.74, 6) is -6.21. The molecular formula is C30H22Cl2F5N5. The second-order valence-corrected chi connectivity index (χ2v) is 10.7. The Labute approximate surface area is 248 Å². The van der Waals surface area contributed by atoms with Crippen molar-refractivity contribution in [3.8, 4) is 0 Å². The van der Waals surface area contributed by atoms with Gasteiger partial charge in [0.1, 0.15) is 42.3 Å². The lowest BCUT2D eigenvalue weighted by Gasteiger charge is -2.44. The second kappa shape index (κ2) is 12.1. The molecule has 0 amide bonds. The van der Waals surface area contributed by atoms with Crippen molar-refractivity contribution < 1.29 is 22.0 Å². The van der Waals surface area contributed by atoms with Crippen molar-refractivity contribution in [3.05, 3.63) is 141 Å². The van der Waals surface area contributed by atoms with Crippen LogP contribution < -0.4 is 0 Å². The minimum Gasteiger partial charge on any atom is -0.246 e. The quantitative estimate of drug-likeness (QED) is 0.158. The molecule has 0 aliphatic rings. The lowest BCUT2D eigenvalue weighted by Crippen LogP contribution is -2.47. The molecule has 12 heteroatoms. The summed E-state index contributed by atoms with van der Waals surface area (Å²) in [6.07, 6.45) is 3.97. The highest BCUT2D eigenvalue weighted by molar-refractivity contribution is 6.31. The summed E-state index contributed by atoms with van der Waals surface area (Å²) in [4.78, 5) is 11.9. The van der Waals surface area contributed by atoms with E-state index in [-0.39, 0.29) is 45.3 Å². The Morgan fingerprint density at radius 3 is 1.95 bits per heavy atom. The fourth-order valence-electron chi connectivity index (χ4n) is 5.63. The molecule has 0 aliphatic heterocycles. The van der Waals surface area contributed by atoms with Crippen LogP contribution in [0.4, 0.5) is 22.0 Å². The Kier molecular flexibility index (Phi) is 8.56. The molecule has 0 bridgehead atoms. The molecule has 5 nitrogen and oxygen atoms in total. The monoisotopic (exact) mass is 617 g/mol. The molecule has 2 aromatic heterocycles. The van der Waals surface area contributed by atoms with E-state index >= 15 is 17.6 Å². The molecule has 0 aliphatic carbocycles. The molecule has 0 saturated heterocycles. The van der Waals surface area contributed by atoms with Crippen LogP contribution in [0, 0.1) is 29.1 Å². The molecule has 0 radical (unpaired) electrons. The summed E-state index contributed by atoms with van der Waals surface area (Å²) in [5, 5.41) is 4.42. The van der Waals surface area contributed by atoms with E-state index in [0.717, 1.165) is 18.6 Å². The highest BCUT2D eigenvalue weighted by atomic mass is 35.5. The standard InChI is InChI=1S/C30H22Cl2F5N5/c1-17(29-27(37)13-38-14-40-29)28(19-9-8-18(33)10-26(19)36)30(42-16-39-15-41-42,11-20-22(31)4-2-6-24(20)34)12-21-23(32)5-3-7-25(21)35/h2-10,13-17,28H,11-12H2,1H3/t17-,28?/m0/s1. The number of hydrogen-bond donors (Lipinski definition) is 0. The Balaban J connectivity index is 1.89. The minimum absolute atomic E-state index is 0.00464. The highest BCUT2D eigenvalue weighted by Gasteiger charge is 2.49. The van der Waals surface area contributed by atoms with Crippen molar-refractivity contribution in [2.24, 2.45) is 0 Å². The molecule has 0 fully saturated rings. The van der Waals surface area contributed by atoms with Gasteiger partial charge in [0.2, 0.25) is 0 Å². The third-order valence-corrected chi connectivity index (χ3v) is 8.18. The molecule has 216 valence electrons. The summed E-state index contributed by atoms with van der Waals surface area (Å²) in [6, 6.07) is 11.1. The zero-order valence-corrected chi connectivity index (χ0v) is 23.5. The van der Waals surface area contributed by atoms with E-state index in [4.69, 9.17) is 23.2 Å². The molecule has 2 heterocycles. The average Bonchev–Trinajstić information content (AvgIpc) is 3.50. The third kappa shape index (κ3) is 5.61. The van der Waals surface area contributed by atoms with Gasteiger partial charge in [-0.15, -0.1) is 0 Å². The molecule has 5 rings (SSSR count). The first-order valence-electron chi connectivity index (χ1n) is 12.7. The van der Waals surface area contributed by atoms with E-state index < -0.39 is 46.5 Å². The SMILES string of the molecule is C[C@H](c1ncncc1F)C(c1ccc(F)cc1F)C(Cc1c(F)cccc1Cl)(Cc1c(F)cccc1Cl)n1cncn1. The zero-order valence-electron chi connectivity index (χ0n) is 22.0. The Hall–Kier alpha value is -3.89. The summed E-state index contributed by atoms with van der Waals surface area (Å²) >= 11 is 13.0. The van der Waals surface area contributed by atoms with Gasteiger partial charge in [0.25, 0.3) is 0 Å². The van der Waals surface area contributed by atoms with Crippen LogP contribution in [0.3, 0.4) is 0 Å². The van der Waals surface area contributed by atoms with Gasteiger partial charge in [-0.3, -0.25) is 0 Å². The molecule has 0 N–H and O–H groups in total. The predicted molar refractivity (Wildman–Crippen MR) is 148 cm³/mol. The number of rotatable bonds is 9. The fourth-order valence-corrected chi connectivity index (χ4v) is 6.09. The van der Waals surface area contributed by atoms with Gasteiger partial charge in [-0.1, -0.05) is 48.3 Å². The van der Waals surface area contributed by atoms with Crippen LogP contribution in [0.2, 0.25) is 10.0 Å². The zero-order chi connectivity index (χ0) is 30.0. The molecule has 42 heavy (non-hydrogen) atoms. The molecule has 2 atom stereocenters. The van der Waals surface area contributed by atoms with Gasteiger partial charge in [0.15, 0.2) is 5.82 Å². The van der Waals surface area contributed by atoms with Gasteiger partial charge < -0.3 is 0 Å². The van der Waals surface area contributed by atoms with Gasteiger partial charge in [-0.05, 0) is 35.9 Å². The lowest BCUT2D eigenvalue weighted by molar-refractivity contribution is 0.167. The van der Waals surface area contributed by atoms with Crippen LogP contribution in [0.1, 0.15) is 41.1 Å². The van der Waals surface area contributed by atoms with E-state index in [2.05, 4.69) is 20.1 Å². The smallest absolute Gasteiger partial charge is 0.163 e.